The Kier molecular flexibility index (Phi) is 3.22. The molecule has 8 heteroatoms. The van der Waals surface area contributed by atoms with Crippen molar-refractivity contribution >= 4 is 45.5 Å². The third kappa shape index (κ3) is 2.12. The lowest BCUT2D eigenvalue weighted by Crippen LogP contribution is -2.14. The molecule has 0 bridgehead atoms. The van der Waals surface area contributed by atoms with Gasteiger partial charge in [-0.25, -0.2) is 0 Å². The van der Waals surface area contributed by atoms with E-state index in [-0.39, 0.29) is 11.0 Å². The standard InChI is InChI=1S/C13H8BrF2O4P/c14-9-6-5-8(13(15,16)21(17,18)19)11-7-3-1-2-4-10(7)20-12(9)11/h1-6H,(H2,17,18,19). The highest BCUT2D eigenvalue weighted by molar-refractivity contribution is 9.10. The van der Waals surface area contributed by atoms with Gasteiger partial charge < -0.3 is 14.2 Å². The minimum Gasteiger partial charge on any atom is -0.455 e. The van der Waals surface area contributed by atoms with Crippen LogP contribution in [-0.2, 0) is 10.2 Å². The van der Waals surface area contributed by atoms with Crippen LogP contribution in [0.3, 0.4) is 0 Å². The molecule has 0 amide bonds. The Morgan fingerprint density at radius 1 is 1.14 bits per heavy atom. The van der Waals surface area contributed by atoms with E-state index in [2.05, 4.69) is 15.9 Å². The molecule has 0 radical (unpaired) electrons. The van der Waals surface area contributed by atoms with Gasteiger partial charge in [-0.15, -0.1) is 0 Å². The molecule has 1 heterocycles. The smallest absolute Gasteiger partial charge is 0.399 e. The molecule has 110 valence electrons. The summed E-state index contributed by atoms with van der Waals surface area (Å²) in [6, 6.07) is 8.75. The predicted octanol–water partition coefficient (Wildman–Crippen LogP) is 4.58. The van der Waals surface area contributed by atoms with Crippen LogP contribution < -0.4 is 0 Å². The van der Waals surface area contributed by atoms with Gasteiger partial charge in [0.15, 0.2) is 0 Å². The van der Waals surface area contributed by atoms with Crippen molar-refractivity contribution in [1.82, 2.24) is 0 Å². The van der Waals surface area contributed by atoms with Gasteiger partial charge >= 0.3 is 13.3 Å². The van der Waals surface area contributed by atoms with Crippen molar-refractivity contribution in [3.8, 4) is 0 Å². The molecule has 0 atom stereocenters. The van der Waals surface area contributed by atoms with Crippen LogP contribution in [0.25, 0.3) is 21.9 Å². The molecule has 0 aliphatic carbocycles. The quantitative estimate of drug-likeness (QED) is 0.642. The minimum atomic E-state index is -5.65. The zero-order valence-electron chi connectivity index (χ0n) is 10.3. The molecular weight excluding hydrogens is 369 g/mol. The van der Waals surface area contributed by atoms with Crippen LogP contribution in [0.15, 0.2) is 45.3 Å². The zero-order valence-corrected chi connectivity index (χ0v) is 12.7. The van der Waals surface area contributed by atoms with Crippen molar-refractivity contribution in [2.24, 2.45) is 0 Å². The van der Waals surface area contributed by atoms with Crippen molar-refractivity contribution in [3.05, 3.63) is 46.4 Å². The molecule has 0 fully saturated rings. The average molecular weight is 377 g/mol. The second-order valence-corrected chi connectivity index (χ2v) is 6.99. The number of alkyl halides is 2. The number of hydrogen-bond acceptors (Lipinski definition) is 2. The maximum absolute atomic E-state index is 14.1. The molecule has 0 spiro atoms. The molecule has 2 N–H and O–H groups in total. The highest BCUT2D eigenvalue weighted by Crippen LogP contribution is 2.61. The van der Waals surface area contributed by atoms with Crippen molar-refractivity contribution in [1.29, 1.82) is 0 Å². The summed E-state index contributed by atoms with van der Waals surface area (Å²) < 4.78 is 45.3. The van der Waals surface area contributed by atoms with Gasteiger partial charge in [-0.1, -0.05) is 24.3 Å². The van der Waals surface area contributed by atoms with E-state index >= 15 is 0 Å². The topological polar surface area (TPSA) is 70.7 Å². The van der Waals surface area contributed by atoms with Crippen LogP contribution in [-0.4, -0.2) is 9.79 Å². The van der Waals surface area contributed by atoms with Gasteiger partial charge in [-0.3, -0.25) is 4.57 Å². The third-order valence-electron chi connectivity index (χ3n) is 3.17. The number of furan rings is 1. The summed E-state index contributed by atoms with van der Waals surface area (Å²) in [6.45, 7) is 0. The Labute approximate surface area is 125 Å². The summed E-state index contributed by atoms with van der Waals surface area (Å²) in [4.78, 5) is 17.9. The molecule has 21 heavy (non-hydrogen) atoms. The second kappa shape index (κ2) is 4.61. The summed E-state index contributed by atoms with van der Waals surface area (Å²) in [5.41, 5.74) is -4.55. The maximum atomic E-state index is 14.1. The van der Waals surface area contributed by atoms with E-state index in [1.54, 1.807) is 24.3 Å². The first-order valence-corrected chi connectivity index (χ1v) is 8.17. The summed E-state index contributed by atoms with van der Waals surface area (Å²) in [6.07, 6.45) is 0. The molecule has 0 unspecified atom stereocenters. The number of halogens is 3. The first-order chi connectivity index (χ1) is 9.73. The van der Waals surface area contributed by atoms with Gasteiger partial charge in [0.25, 0.3) is 0 Å². The summed E-state index contributed by atoms with van der Waals surface area (Å²) in [7, 11) is -5.65. The molecule has 0 aliphatic heterocycles. The molecule has 3 rings (SSSR count). The average Bonchev–Trinajstić information content (AvgIpc) is 2.78. The summed E-state index contributed by atoms with van der Waals surface area (Å²) >= 11 is 3.19. The Morgan fingerprint density at radius 3 is 2.48 bits per heavy atom. The molecule has 0 aliphatic rings. The van der Waals surface area contributed by atoms with Crippen molar-refractivity contribution < 1.29 is 27.5 Å². The normalized spacial score (nSPS) is 13.2. The van der Waals surface area contributed by atoms with E-state index in [0.29, 0.717) is 15.4 Å². The molecule has 3 aromatic rings. The van der Waals surface area contributed by atoms with E-state index < -0.39 is 18.8 Å². The lowest BCUT2D eigenvalue weighted by Gasteiger charge is -2.18. The highest BCUT2D eigenvalue weighted by atomic mass is 79.9. The van der Waals surface area contributed by atoms with Gasteiger partial charge in [-0.05, 0) is 28.1 Å². The molecule has 0 saturated heterocycles. The van der Waals surface area contributed by atoms with Crippen LogP contribution in [0.2, 0.25) is 0 Å². The zero-order chi connectivity index (χ0) is 15.4. The molecule has 4 nitrogen and oxygen atoms in total. The number of hydrogen-bond donors (Lipinski definition) is 2. The van der Waals surface area contributed by atoms with Crippen LogP contribution in [0, 0.1) is 0 Å². The van der Waals surface area contributed by atoms with E-state index in [1.807, 2.05) is 0 Å². The monoisotopic (exact) mass is 376 g/mol. The maximum Gasteiger partial charge on any atom is 0.399 e. The Hall–Kier alpha value is -1.27. The van der Waals surface area contributed by atoms with Crippen LogP contribution >= 0.6 is 23.5 Å². The first-order valence-electron chi connectivity index (χ1n) is 5.77. The Bertz CT molecular complexity index is 900. The fraction of sp³-hybridized carbons (Fsp3) is 0.0769. The number of rotatable bonds is 2. The minimum absolute atomic E-state index is 0.00620. The lowest BCUT2D eigenvalue weighted by molar-refractivity contribution is 0.0579. The van der Waals surface area contributed by atoms with E-state index in [1.165, 1.54) is 6.07 Å². The second-order valence-electron chi connectivity index (χ2n) is 4.48. The van der Waals surface area contributed by atoms with Gasteiger partial charge in [-0.2, -0.15) is 8.78 Å². The third-order valence-corrected chi connectivity index (χ3v) is 4.76. The largest absolute Gasteiger partial charge is 0.455 e. The highest BCUT2D eigenvalue weighted by Gasteiger charge is 2.51. The van der Waals surface area contributed by atoms with Gasteiger partial charge in [0.2, 0.25) is 0 Å². The first kappa shape index (κ1) is 14.7. The van der Waals surface area contributed by atoms with Crippen molar-refractivity contribution in [2.45, 2.75) is 5.66 Å². The van der Waals surface area contributed by atoms with E-state index in [9.17, 15) is 13.3 Å². The van der Waals surface area contributed by atoms with Crippen LogP contribution in [0.5, 0.6) is 0 Å². The number of fused-ring (bicyclic) bond motifs is 3. The van der Waals surface area contributed by atoms with E-state index in [0.717, 1.165) is 6.07 Å². The molecule has 2 aromatic carbocycles. The fourth-order valence-electron chi connectivity index (χ4n) is 2.20. The predicted molar refractivity (Wildman–Crippen MR) is 77.4 cm³/mol. The molecular formula is C13H8BrF2O4P. The number of para-hydroxylation sites is 1. The number of benzene rings is 2. The van der Waals surface area contributed by atoms with Crippen LogP contribution in [0.4, 0.5) is 8.78 Å². The molecule has 0 saturated carbocycles. The van der Waals surface area contributed by atoms with Gasteiger partial charge in [0.05, 0.1) is 4.47 Å². The lowest BCUT2D eigenvalue weighted by atomic mass is 10.1. The van der Waals surface area contributed by atoms with Gasteiger partial charge in [0, 0.05) is 16.3 Å². The fourth-order valence-corrected chi connectivity index (χ4v) is 3.12. The van der Waals surface area contributed by atoms with Crippen LogP contribution in [0.1, 0.15) is 5.56 Å². The molecule has 1 aromatic heterocycles. The van der Waals surface area contributed by atoms with Crippen molar-refractivity contribution in [2.75, 3.05) is 0 Å². The summed E-state index contributed by atoms with van der Waals surface area (Å²) in [5, 5.41) is 0.366. The van der Waals surface area contributed by atoms with Crippen molar-refractivity contribution in [3.63, 3.8) is 0 Å². The Morgan fingerprint density at radius 2 is 1.81 bits per heavy atom. The Balaban J connectivity index is 2.50. The summed E-state index contributed by atoms with van der Waals surface area (Å²) in [5.74, 6) is 0. The van der Waals surface area contributed by atoms with Gasteiger partial charge in [0.1, 0.15) is 11.2 Å². The SMILES string of the molecule is O=P(O)(O)C(F)(F)c1ccc(Br)c2oc3ccccc3c12. The van der Waals surface area contributed by atoms with E-state index in [4.69, 9.17) is 14.2 Å².